The molecule has 0 radical (unpaired) electrons. The SMILES string of the molecule is Nc1ccc(Br)c([C@H](C2CC2)N2CCNCC2)c1O. The molecule has 1 atom stereocenters. The molecule has 4 nitrogen and oxygen atoms in total. The molecule has 1 saturated heterocycles. The second kappa shape index (κ2) is 5.31. The van der Waals surface area contributed by atoms with Gasteiger partial charge in [0, 0.05) is 42.3 Å². The van der Waals surface area contributed by atoms with Gasteiger partial charge in [0.15, 0.2) is 0 Å². The van der Waals surface area contributed by atoms with E-state index in [2.05, 4.69) is 26.1 Å². The summed E-state index contributed by atoms with van der Waals surface area (Å²) >= 11 is 3.59. The zero-order valence-corrected chi connectivity index (χ0v) is 12.5. The number of piperazine rings is 1. The molecule has 0 spiro atoms. The summed E-state index contributed by atoms with van der Waals surface area (Å²) in [5, 5.41) is 13.7. The van der Waals surface area contributed by atoms with Crippen LogP contribution in [0.3, 0.4) is 0 Å². The average Bonchev–Trinajstić information content (AvgIpc) is 3.24. The van der Waals surface area contributed by atoms with Crippen LogP contribution in [-0.4, -0.2) is 36.2 Å². The molecular weight excluding hydrogens is 306 g/mol. The summed E-state index contributed by atoms with van der Waals surface area (Å²) in [7, 11) is 0. The van der Waals surface area contributed by atoms with Gasteiger partial charge in [-0.1, -0.05) is 15.9 Å². The van der Waals surface area contributed by atoms with Crippen molar-refractivity contribution in [1.29, 1.82) is 0 Å². The molecule has 2 fully saturated rings. The normalized spacial score (nSPS) is 22.4. The molecule has 1 aliphatic heterocycles. The van der Waals surface area contributed by atoms with Crippen LogP contribution in [0.25, 0.3) is 0 Å². The molecule has 1 heterocycles. The monoisotopic (exact) mass is 325 g/mol. The van der Waals surface area contributed by atoms with Crippen molar-refractivity contribution in [2.75, 3.05) is 31.9 Å². The summed E-state index contributed by atoms with van der Waals surface area (Å²) in [6.45, 7) is 4.09. The van der Waals surface area contributed by atoms with Crippen LogP contribution in [0, 0.1) is 5.92 Å². The number of rotatable bonds is 3. The van der Waals surface area contributed by atoms with Crippen molar-refractivity contribution in [3.63, 3.8) is 0 Å². The lowest BCUT2D eigenvalue weighted by Crippen LogP contribution is -2.45. The summed E-state index contributed by atoms with van der Waals surface area (Å²) in [6, 6.07) is 3.99. The molecule has 0 unspecified atom stereocenters. The van der Waals surface area contributed by atoms with Crippen molar-refractivity contribution in [3.8, 4) is 5.75 Å². The quantitative estimate of drug-likeness (QED) is 0.588. The fourth-order valence-corrected chi connectivity index (χ4v) is 3.52. The molecule has 19 heavy (non-hydrogen) atoms. The van der Waals surface area contributed by atoms with E-state index in [4.69, 9.17) is 5.73 Å². The summed E-state index contributed by atoms with van der Waals surface area (Å²) in [4.78, 5) is 2.48. The third-order valence-electron chi connectivity index (χ3n) is 4.10. The molecule has 1 aliphatic carbocycles. The van der Waals surface area contributed by atoms with Gasteiger partial charge in [-0.3, -0.25) is 4.90 Å². The lowest BCUT2D eigenvalue weighted by atomic mass is 9.98. The number of benzene rings is 1. The minimum absolute atomic E-state index is 0.254. The van der Waals surface area contributed by atoms with Gasteiger partial charge in [0.2, 0.25) is 0 Å². The maximum atomic E-state index is 10.4. The molecule has 2 aliphatic rings. The summed E-state index contributed by atoms with van der Waals surface area (Å²) in [5.41, 5.74) is 7.32. The molecule has 1 aromatic rings. The minimum atomic E-state index is 0.254. The minimum Gasteiger partial charge on any atom is -0.505 e. The number of hydrogen-bond acceptors (Lipinski definition) is 4. The predicted octanol–water partition coefficient (Wildman–Crippen LogP) is 2.09. The van der Waals surface area contributed by atoms with Crippen molar-refractivity contribution < 1.29 is 5.11 Å². The molecule has 0 aromatic heterocycles. The first-order valence-electron chi connectivity index (χ1n) is 6.90. The van der Waals surface area contributed by atoms with E-state index in [1.54, 1.807) is 6.07 Å². The Morgan fingerprint density at radius 1 is 1.32 bits per heavy atom. The van der Waals surface area contributed by atoms with Gasteiger partial charge in [0.05, 0.1) is 5.69 Å². The first-order valence-corrected chi connectivity index (χ1v) is 7.69. The number of hydrogen-bond donors (Lipinski definition) is 3. The average molecular weight is 326 g/mol. The first kappa shape index (κ1) is 13.2. The Kier molecular flexibility index (Phi) is 3.69. The molecule has 0 amide bonds. The lowest BCUT2D eigenvalue weighted by Gasteiger charge is -2.36. The molecule has 1 saturated carbocycles. The van der Waals surface area contributed by atoms with Crippen LogP contribution in [0.1, 0.15) is 24.4 Å². The van der Waals surface area contributed by atoms with E-state index >= 15 is 0 Å². The zero-order valence-electron chi connectivity index (χ0n) is 10.9. The van der Waals surface area contributed by atoms with E-state index < -0.39 is 0 Å². The number of nitrogen functional groups attached to an aromatic ring is 1. The van der Waals surface area contributed by atoms with Crippen molar-refractivity contribution in [1.82, 2.24) is 10.2 Å². The van der Waals surface area contributed by atoms with Crippen molar-refractivity contribution >= 4 is 21.6 Å². The molecule has 4 N–H and O–H groups in total. The van der Waals surface area contributed by atoms with Gasteiger partial charge in [-0.15, -0.1) is 0 Å². The van der Waals surface area contributed by atoms with E-state index in [0.717, 1.165) is 36.2 Å². The zero-order chi connectivity index (χ0) is 13.4. The number of nitrogens with zero attached hydrogens (tertiary/aromatic N) is 1. The highest BCUT2D eigenvalue weighted by Gasteiger charge is 2.39. The van der Waals surface area contributed by atoms with Crippen molar-refractivity contribution in [2.45, 2.75) is 18.9 Å². The lowest BCUT2D eigenvalue weighted by molar-refractivity contribution is 0.153. The number of aromatic hydroxyl groups is 1. The molecule has 5 heteroatoms. The van der Waals surface area contributed by atoms with E-state index in [1.807, 2.05) is 6.07 Å². The number of nitrogens with one attached hydrogen (secondary N) is 1. The first-order chi connectivity index (χ1) is 9.18. The van der Waals surface area contributed by atoms with E-state index in [9.17, 15) is 5.11 Å². The Labute approximate surface area is 122 Å². The Balaban J connectivity index is 1.97. The van der Waals surface area contributed by atoms with Gasteiger partial charge in [0.1, 0.15) is 5.75 Å². The number of halogens is 1. The topological polar surface area (TPSA) is 61.5 Å². The van der Waals surface area contributed by atoms with Crippen LogP contribution in [0.5, 0.6) is 5.75 Å². The van der Waals surface area contributed by atoms with E-state index in [0.29, 0.717) is 17.6 Å². The number of phenols is 1. The van der Waals surface area contributed by atoms with E-state index in [1.165, 1.54) is 12.8 Å². The van der Waals surface area contributed by atoms with Gasteiger partial charge >= 0.3 is 0 Å². The molecular formula is C14H20BrN3O. The smallest absolute Gasteiger partial charge is 0.144 e. The third-order valence-corrected chi connectivity index (χ3v) is 4.80. The Morgan fingerprint density at radius 3 is 2.63 bits per heavy atom. The predicted molar refractivity (Wildman–Crippen MR) is 80.1 cm³/mol. The number of nitrogens with two attached hydrogens (primary N) is 1. The van der Waals surface area contributed by atoms with Crippen molar-refractivity contribution in [2.24, 2.45) is 5.92 Å². The van der Waals surface area contributed by atoms with Crippen LogP contribution in [-0.2, 0) is 0 Å². The Bertz CT molecular complexity index is 470. The van der Waals surface area contributed by atoms with Gasteiger partial charge in [0.25, 0.3) is 0 Å². The largest absolute Gasteiger partial charge is 0.505 e. The van der Waals surface area contributed by atoms with Crippen LogP contribution in [0.15, 0.2) is 16.6 Å². The molecule has 3 rings (SSSR count). The van der Waals surface area contributed by atoms with Gasteiger partial charge in [-0.25, -0.2) is 0 Å². The third kappa shape index (κ3) is 2.59. The number of phenolic OH excluding ortho intramolecular Hbond substituents is 1. The van der Waals surface area contributed by atoms with Crippen molar-refractivity contribution in [3.05, 3.63) is 22.2 Å². The Hall–Kier alpha value is -0.780. The van der Waals surface area contributed by atoms with Crippen LogP contribution >= 0.6 is 15.9 Å². The fraction of sp³-hybridized carbons (Fsp3) is 0.571. The standard InChI is InChI=1S/C14H20BrN3O/c15-10-3-4-11(16)14(19)12(10)13(9-1-2-9)18-7-5-17-6-8-18/h3-4,9,13,17,19H,1-2,5-8,16H2/t13-/m0/s1. The number of anilines is 1. The maximum absolute atomic E-state index is 10.4. The Morgan fingerprint density at radius 2 is 2.00 bits per heavy atom. The highest BCUT2D eigenvalue weighted by Crippen LogP contribution is 2.50. The molecule has 0 bridgehead atoms. The second-order valence-corrected chi connectivity index (χ2v) is 6.32. The molecule has 1 aromatic carbocycles. The highest BCUT2D eigenvalue weighted by atomic mass is 79.9. The highest BCUT2D eigenvalue weighted by molar-refractivity contribution is 9.10. The summed E-state index contributed by atoms with van der Waals surface area (Å²) < 4.78 is 0.967. The summed E-state index contributed by atoms with van der Waals surface area (Å²) in [5.74, 6) is 0.909. The van der Waals surface area contributed by atoms with E-state index in [-0.39, 0.29) is 5.75 Å². The maximum Gasteiger partial charge on any atom is 0.144 e. The van der Waals surface area contributed by atoms with Gasteiger partial charge in [-0.05, 0) is 30.9 Å². The molecule has 104 valence electrons. The van der Waals surface area contributed by atoms with Crippen LogP contribution in [0.4, 0.5) is 5.69 Å². The van der Waals surface area contributed by atoms with Gasteiger partial charge in [-0.2, -0.15) is 0 Å². The van der Waals surface area contributed by atoms with Crippen LogP contribution in [0.2, 0.25) is 0 Å². The van der Waals surface area contributed by atoms with Crippen LogP contribution < -0.4 is 11.1 Å². The second-order valence-electron chi connectivity index (χ2n) is 5.47. The summed E-state index contributed by atoms with van der Waals surface area (Å²) in [6.07, 6.45) is 2.49. The fourth-order valence-electron chi connectivity index (χ4n) is 2.97. The van der Waals surface area contributed by atoms with Gasteiger partial charge < -0.3 is 16.2 Å².